The molecule has 13 heavy (non-hydrogen) atoms. The van der Waals surface area contributed by atoms with Gasteiger partial charge in [0.05, 0.1) is 18.7 Å². The number of ether oxygens (including phenoxy) is 1. The maximum Gasteiger partial charge on any atom is 0.201 e. The number of fused-ring (bicyclic) bond motifs is 1. The van der Waals surface area contributed by atoms with Crippen LogP contribution in [0.3, 0.4) is 0 Å². The van der Waals surface area contributed by atoms with Crippen LogP contribution >= 0.6 is 0 Å². The third kappa shape index (κ3) is 0.992. The van der Waals surface area contributed by atoms with Crippen molar-refractivity contribution >= 4 is 5.71 Å². The molecule has 2 rings (SSSR count). The Balaban J connectivity index is 2.28. The van der Waals surface area contributed by atoms with Crippen LogP contribution in [0.25, 0.3) is 0 Å². The summed E-state index contributed by atoms with van der Waals surface area (Å²) in [5.41, 5.74) is 0.745. The SMILES string of the molecule is C=C(OC)C12CCCC1C(C)=NO2. The van der Waals surface area contributed by atoms with Gasteiger partial charge in [0.25, 0.3) is 0 Å². The zero-order valence-electron chi connectivity index (χ0n) is 8.17. The van der Waals surface area contributed by atoms with E-state index >= 15 is 0 Å². The Bertz CT molecular complexity index is 272. The first kappa shape index (κ1) is 8.60. The zero-order chi connectivity index (χ0) is 9.47. The molecule has 0 bridgehead atoms. The van der Waals surface area contributed by atoms with E-state index in [9.17, 15) is 0 Å². The summed E-state index contributed by atoms with van der Waals surface area (Å²) in [6.07, 6.45) is 3.28. The van der Waals surface area contributed by atoms with Gasteiger partial charge in [0, 0.05) is 0 Å². The van der Waals surface area contributed by atoms with Crippen molar-refractivity contribution in [3.63, 3.8) is 0 Å². The first-order valence-electron chi connectivity index (χ1n) is 4.67. The first-order valence-corrected chi connectivity index (χ1v) is 4.67. The smallest absolute Gasteiger partial charge is 0.201 e. The molecule has 3 heteroatoms. The average molecular weight is 181 g/mol. The van der Waals surface area contributed by atoms with Gasteiger partial charge < -0.3 is 9.57 Å². The third-order valence-corrected chi connectivity index (χ3v) is 3.18. The predicted molar refractivity (Wildman–Crippen MR) is 50.4 cm³/mol. The van der Waals surface area contributed by atoms with Crippen molar-refractivity contribution in [3.05, 3.63) is 12.3 Å². The molecule has 2 atom stereocenters. The Morgan fingerprint density at radius 3 is 3.23 bits per heavy atom. The molecule has 2 aliphatic rings. The fourth-order valence-corrected chi connectivity index (χ4v) is 2.41. The predicted octanol–water partition coefficient (Wildman–Crippen LogP) is 2.09. The Hall–Kier alpha value is -0.990. The number of methoxy groups -OCH3 is 1. The molecule has 1 saturated carbocycles. The molecule has 1 fully saturated rings. The van der Waals surface area contributed by atoms with Crippen molar-refractivity contribution < 1.29 is 9.57 Å². The molecule has 3 nitrogen and oxygen atoms in total. The van der Waals surface area contributed by atoms with Gasteiger partial charge in [-0.15, -0.1) is 0 Å². The van der Waals surface area contributed by atoms with Crippen LogP contribution in [0, 0.1) is 5.92 Å². The molecule has 0 N–H and O–H groups in total. The molecular formula is C10H15NO2. The van der Waals surface area contributed by atoms with Gasteiger partial charge in [-0.2, -0.15) is 0 Å². The molecule has 0 aromatic rings. The summed E-state index contributed by atoms with van der Waals surface area (Å²) in [6, 6.07) is 0. The summed E-state index contributed by atoms with van der Waals surface area (Å²) in [5.74, 6) is 1.11. The van der Waals surface area contributed by atoms with E-state index in [0.717, 1.165) is 24.3 Å². The molecule has 2 unspecified atom stereocenters. The van der Waals surface area contributed by atoms with E-state index < -0.39 is 0 Å². The van der Waals surface area contributed by atoms with Crippen LogP contribution in [0.4, 0.5) is 0 Å². The number of hydrogen-bond acceptors (Lipinski definition) is 3. The maximum atomic E-state index is 5.49. The van der Waals surface area contributed by atoms with Crippen molar-refractivity contribution in [1.29, 1.82) is 0 Å². The maximum absolute atomic E-state index is 5.49. The lowest BCUT2D eigenvalue weighted by molar-refractivity contribution is -0.0373. The molecule has 1 aliphatic heterocycles. The van der Waals surface area contributed by atoms with Crippen LogP contribution < -0.4 is 0 Å². The highest BCUT2D eigenvalue weighted by molar-refractivity contribution is 5.87. The minimum absolute atomic E-state index is 0.334. The topological polar surface area (TPSA) is 30.8 Å². The van der Waals surface area contributed by atoms with Gasteiger partial charge in [-0.3, -0.25) is 0 Å². The van der Waals surface area contributed by atoms with E-state index in [1.165, 1.54) is 6.42 Å². The first-order chi connectivity index (χ1) is 6.20. The molecule has 1 aliphatic carbocycles. The Morgan fingerprint density at radius 2 is 2.54 bits per heavy atom. The van der Waals surface area contributed by atoms with Crippen molar-refractivity contribution in [2.24, 2.45) is 11.1 Å². The van der Waals surface area contributed by atoms with Crippen LogP contribution in [-0.2, 0) is 9.57 Å². The van der Waals surface area contributed by atoms with Gasteiger partial charge in [-0.05, 0) is 26.2 Å². The standard InChI is InChI=1S/C10H15NO2/c1-7-9-5-4-6-10(9,13-11-7)8(2)12-3/h9H,2,4-6H2,1,3H3. The van der Waals surface area contributed by atoms with E-state index in [1.54, 1.807) is 7.11 Å². The lowest BCUT2D eigenvalue weighted by atomic mass is 9.87. The highest BCUT2D eigenvalue weighted by atomic mass is 16.7. The van der Waals surface area contributed by atoms with Crippen LogP contribution in [0.2, 0.25) is 0 Å². The summed E-state index contributed by atoms with van der Waals surface area (Å²) < 4.78 is 5.19. The van der Waals surface area contributed by atoms with E-state index in [0.29, 0.717) is 5.92 Å². The molecule has 0 spiro atoms. The van der Waals surface area contributed by atoms with Crippen LogP contribution in [0.15, 0.2) is 17.5 Å². The average Bonchev–Trinajstić information content (AvgIpc) is 2.67. The fraction of sp³-hybridized carbons (Fsp3) is 0.700. The van der Waals surface area contributed by atoms with Crippen molar-refractivity contribution in [3.8, 4) is 0 Å². The number of oxime groups is 1. The van der Waals surface area contributed by atoms with Crippen molar-refractivity contribution in [1.82, 2.24) is 0 Å². The molecule has 0 aromatic heterocycles. The molecular weight excluding hydrogens is 166 g/mol. The molecule has 0 amide bonds. The summed E-state index contributed by atoms with van der Waals surface area (Å²) >= 11 is 0. The second kappa shape index (κ2) is 2.76. The van der Waals surface area contributed by atoms with Crippen LogP contribution in [0.1, 0.15) is 26.2 Å². The third-order valence-electron chi connectivity index (χ3n) is 3.18. The second-order valence-electron chi connectivity index (χ2n) is 3.79. The minimum atomic E-state index is -0.334. The Kier molecular flexibility index (Phi) is 1.82. The van der Waals surface area contributed by atoms with Gasteiger partial charge in [0.2, 0.25) is 5.60 Å². The normalized spacial score (nSPS) is 36.5. The largest absolute Gasteiger partial charge is 0.497 e. The molecule has 0 aromatic carbocycles. The van der Waals surface area contributed by atoms with Gasteiger partial charge in [0.1, 0.15) is 5.76 Å². The van der Waals surface area contributed by atoms with Crippen molar-refractivity contribution in [2.45, 2.75) is 31.8 Å². The molecule has 1 heterocycles. The number of hydrogen-bond donors (Lipinski definition) is 0. The fourth-order valence-electron chi connectivity index (χ4n) is 2.41. The molecule has 72 valence electrons. The monoisotopic (exact) mass is 181 g/mol. The van der Waals surface area contributed by atoms with Crippen LogP contribution in [0.5, 0.6) is 0 Å². The zero-order valence-corrected chi connectivity index (χ0v) is 8.17. The lowest BCUT2D eigenvalue weighted by Gasteiger charge is -2.27. The summed E-state index contributed by atoms with van der Waals surface area (Å²) in [7, 11) is 1.64. The van der Waals surface area contributed by atoms with Gasteiger partial charge >= 0.3 is 0 Å². The molecule has 0 radical (unpaired) electrons. The lowest BCUT2D eigenvalue weighted by Crippen LogP contribution is -2.36. The van der Waals surface area contributed by atoms with Gasteiger partial charge in [-0.25, -0.2) is 0 Å². The van der Waals surface area contributed by atoms with Gasteiger partial charge in [-0.1, -0.05) is 11.7 Å². The molecule has 0 saturated heterocycles. The highest BCUT2D eigenvalue weighted by Gasteiger charge is 2.53. The van der Waals surface area contributed by atoms with Crippen LogP contribution in [-0.4, -0.2) is 18.4 Å². The van der Waals surface area contributed by atoms with Crippen molar-refractivity contribution in [2.75, 3.05) is 7.11 Å². The van der Waals surface area contributed by atoms with E-state index in [2.05, 4.69) is 11.7 Å². The Labute approximate surface area is 78.4 Å². The van der Waals surface area contributed by atoms with E-state index in [4.69, 9.17) is 9.57 Å². The second-order valence-corrected chi connectivity index (χ2v) is 3.79. The quantitative estimate of drug-likeness (QED) is 0.611. The number of rotatable bonds is 2. The van der Waals surface area contributed by atoms with Gasteiger partial charge in [0.15, 0.2) is 0 Å². The minimum Gasteiger partial charge on any atom is -0.497 e. The highest BCUT2D eigenvalue weighted by Crippen LogP contribution is 2.47. The summed E-state index contributed by atoms with van der Waals surface area (Å²) in [4.78, 5) is 5.49. The van der Waals surface area contributed by atoms with E-state index in [1.807, 2.05) is 6.92 Å². The Morgan fingerprint density at radius 1 is 1.77 bits per heavy atom. The summed E-state index contributed by atoms with van der Waals surface area (Å²) in [6.45, 7) is 5.92. The van der Waals surface area contributed by atoms with E-state index in [-0.39, 0.29) is 5.60 Å². The number of nitrogens with zero attached hydrogens (tertiary/aromatic N) is 1. The summed E-state index contributed by atoms with van der Waals surface area (Å²) in [5, 5.41) is 4.04.